The normalized spacial score (nSPS) is 15.3. The van der Waals surface area contributed by atoms with Gasteiger partial charge in [-0.2, -0.15) is 0 Å². The van der Waals surface area contributed by atoms with Crippen LogP contribution in [0.25, 0.3) is 0 Å². The van der Waals surface area contributed by atoms with Gasteiger partial charge in [-0.05, 0) is 24.1 Å². The van der Waals surface area contributed by atoms with Crippen molar-refractivity contribution in [3.63, 3.8) is 0 Å². The maximum Gasteiger partial charge on any atom is 0.0350 e. The Morgan fingerprint density at radius 3 is 2.77 bits per heavy atom. The first-order valence-electron chi connectivity index (χ1n) is 4.65. The zero-order chi connectivity index (χ0) is 9.68. The van der Waals surface area contributed by atoms with E-state index in [1.807, 2.05) is 18.3 Å². The summed E-state index contributed by atoms with van der Waals surface area (Å²) in [5.41, 5.74) is 12.7. The first-order valence-corrected chi connectivity index (χ1v) is 4.65. The van der Waals surface area contributed by atoms with Crippen LogP contribution in [-0.2, 0) is 0 Å². The monoisotopic (exact) mass is 179 g/mol. The molecule has 3 nitrogen and oxygen atoms in total. The zero-order valence-corrected chi connectivity index (χ0v) is 7.98. The quantitative estimate of drug-likeness (QED) is 0.726. The topological polar surface area (TPSA) is 64.9 Å². The standard InChI is InChI=1S/C10H17N3/c1-2-8(6-11)10(12)9-4-3-5-13-7-9/h3-5,7-8,10H,2,6,11-12H2,1H3. The largest absolute Gasteiger partial charge is 0.330 e. The predicted octanol–water partition coefficient (Wildman–Crippen LogP) is 1.07. The van der Waals surface area contributed by atoms with Crippen molar-refractivity contribution < 1.29 is 0 Å². The van der Waals surface area contributed by atoms with E-state index in [0.29, 0.717) is 12.5 Å². The highest BCUT2D eigenvalue weighted by molar-refractivity contribution is 5.14. The third-order valence-electron chi connectivity index (χ3n) is 2.40. The van der Waals surface area contributed by atoms with E-state index in [4.69, 9.17) is 11.5 Å². The smallest absolute Gasteiger partial charge is 0.0350 e. The van der Waals surface area contributed by atoms with E-state index >= 15 is 0 Å². The molecule has 0 amide bonds. The van der Waals surface area contributed by atoms with E-state index < -0.39 is 0 Å². The number of hydrogen-bond donors (Lipinski definition) is 2. The lowest BCUT2D eigenvalue weighted by atomic mass is 9.93. The van der Waals surface area contributed by atoms with Gasteiger partial charge in [0.1, 0.15) is 0 Å². The summed E-state index contributed by atoms with van der Waals surface area (Å²) in [6.07, 6.45) is 4.56. The first-order chi connectivity index (χ1) is 6.29. The van der Waals surface area contributed by atoms with Crippen molar-refractivity contribution in [1.82, 2.24) is 4.98 Å². The molecule has 0 radical (unpaired) electrons. The second-order valence-electron chi connectivity index (χ2n) is 3.22. The Balaban J connectivity index is 2.72. The summed E-state index contributed by atoms with van der Waals surface area (Å²) < 4.78 is 0. The fraction of sp³-hybridized carbons (Fsp3) is 0.500. The highest BCUT2D eigenvalue weighted by atomic mass is 14.7. The molecule has 1 aromatic rings. The SMILES string of the molecule is CCC(CN)C(N)c1cccnc1. The third-order valence-corrected chi connectivity index (χ3v) is 2.40. The number of rotatable bonds is 4. The molecule has 2 atom stereocenters. The van der Waals surface area contributed by atoms with Gasteiger partial charge in [-0.15, -0.1) is 0 Å². The predicted molar refractivity (Wildman–Crippen MR) is 54.0 cm³/mol. The zero-order valence-electron chi connectivity index (χ0n) is 7.98. The average molecular weight is 179 g/mol. The van der Waals surface area contributed by atoms with Gasteiger partial charge in [0, 0.05) is 18.4 Å². The molecular weight excluding hydrogens is 162 g/mol. The van der Waals surface area contributed by atoms with E-state index in [1.165, 1.54) is 0 Å². The molecule has 0 aliphatic heterocycles. The fourth-order valence-electron chi connectivity index (χ4n) is 1.41. The molecule has 0 spiro atoms. The molecule has 3 heteroatoms. The lowest BCUT2D eigenvalue weighted by molar-refractivity contribution is 0.427. The Morgan fingerprint density at radius 2 is 2.31 bits per heavy atom. The molecule has 0 aromatic carbocycles. The number of aromatic nitrogens is 1. The summed E-state index contributed by atoms with van der Waals surface area (Å²) >= 11 is 0. The highest BCUT2D eigenvalue weighted by Crippen LogP contribution is 2.19. The molecule has 0 aliphatic rings. The van der Waals surface area contributed by atoms with Crippen LogP contribution in [0.1, 0.15) is 24.9 Å². The van der Waals surface area contributed by atoms with Gasteiger partial charge in [0.2, 0.25) is 0 Å². The Bertz CT molecular complexity index is 231. The van der Waals surface area contributed by atoms with Crippen molar-refractivity contribution in [3.05, 3.63) is 30.1 Å². The van der Waals surface area contributed by atoms with E-state index in [0.717, 1.165) is 12.0 Å². The molecule has 13 heavy (non-hydrogen) atoms. The fourth-order valence-corrected chi connectivity index (χ4v) is 1.41. The molecule has 1 heterocycles. The van der Waals surface area contributed by atoms with Crippen molar-refractivity contribution in [2.45, 2.75) is 19.4 Å². The minimum Gasteiger partial charge on any atom is -0.330 e. The lowest BCUT2D eigenvalue weighted by Gasteiger charge is -2.20. The minimum absolute atomic E-state index is 0.0173. The van der Waals surface area contributed by atoms with Crippen LogP contribution in [0.15, 0.2) is 24.5 Å². The summed E-state index contributed by atoms with van der Waals surface area (Å²) in [5, 5.41) is 0. The number of hydrogen-bond acceptors (Lipinski definition) is 3. The molecule has 0 bridgehead atoms. The molecule has 4 N–H and O–H groups in total. The number of pyridine rings is 1. The summed E-state index contributed by atoms with van der Waals surface area (Å²) in [6, 6.07) is 3.91. The molecule has 2 unspecified atom stereocenters. The van der Waals surface area contributed by atoms with E-state index in [-0.39, 0.29) is 6.04 Å². The van der Waals surface area contributed by atoms with Gasteiger partial charge >= 0.3 is 0 Å². The van der Waals surface area contributed by atoms with Gasteiger partial charge in [-0.25, -0.2) is 0 Å². The number of nitrogens with zero attached hydrogens (tertiary/aromatic N) is 1. The van der Waals surface area contributed by atoms with Crippen LogP contribution in [0.5, 0.6) is 0 Å². The van der Waals surface area contributed by atoms with Gasteiger partial charge in [0.05, 0.1) is 0 Å². The molecule has 0 saturated carbocycles. The van der Waals surface area contributed by atoms with Gasteiger partial charge in [0.15, 0.2) is 0 Å². The van der Waals surface area contributed by atoms with Crippen molar-refractivity contribution in [3.8, 4) is 0 Å². The van der Waals surface area contributed by atoms with Crippen LogP contribution in [-0.4, -0.2) is 11.5 Å². The van der Waals surface area contributed by atoms with Crippen LogP contribution in [0, 0.1) is 5.92 Å². The van der Waals surface area contributed by atoms with Gasteiger partial charge in [-0.1, -0.05) is 19.4 Å². The molecule has 1 rings (SSSR count). The van der Waals surface area contributed by atoms with Crippen molar-refractivity contribution in [2.75, 3.05) is 6.54 Å². The Labute approximate surface area is 79.2 Å². The Morgan fingerprint density at radius 1 is 1.54 bits per heavy atom. The second kappa shape index (κ2) is 4.94. The molecule has 72 valence electrons. The summed E-state index contributed by atoms with van der Waals surface area (Å²) in [7, 11) is 0. The van der Waals surface area contributed by atoms with Crippen LogP contribution < -0.4 is 11.5 Å². The maximum atomic E-state index is 6.04. The third kappa shape index (κ3) is 2.50. The number of nitrogens with two attached hydrogens (primary N) is 2. The lowest BCUT2D eigenvalue weighted by Crippen LogP contribution is -2.27. The van der Waals surface area contributed by atoms with Gasteiger partial charge in [0.25, 0.3) is 0 Å². The van der Waals surface area contributed by atoms with Gasteiger partial charge < -0.3 is 11.5 Å². The summed E-state index contributed by atoms with van der Waals surface area (Å²) in [6.45, 7) is 2.74. The minimum atomic E-state index is 0.0173. The van der Waals surface area contributed by atoms with Crippen molar-refractivity contribution in [1.29, 1.82) is 0 Å². The van der Waals surface area contributed by atoms with E-state index in [9.17, 15) is 0 Å². The van der Waals surface area contributed by atoms with E-state index in [2.05, 4.69) is 11.9 Å². The second-order valence-corrected chi connectivity index (χ2v) is 3.22. The van der Waals surface area contributed by atoms with Crippen LogP contribution in [0.4, 0.5) is 0 Å². The van der Waals surface area contributed by atoms with Crippen molar-refractivity contribution in [2.24, 2.45) is 17.4 Å². The van der Waals surface area contributed by atoms with Crippen LogP contribution in [0.3, 0.4) is 0 Å². The summed E-state index contributed by atoms with van der Waals surface area (Å²) in [4.78, 5) is 4.04. The van der Waals surface area contributed by atoms with Crippen molar-refractivity contribution >= 4 is 0 Å². The Kier molecular flexibility index (Phi) is 3.86. The molecular formula is C10H17N3. The van der Waals surface area contributed by atoms with E-state index in [1.54, 1.807) is 6.20 Å². The molecule has 0 fully saturated rings. The van der Waals surface area contributed by atoms with Crippen LogP contribution >= 0.6 is 0 Å². The molecule has 1 aromatic heterocycles. The highest BCUT2D eigenvalue weighted by Gasteiger charge is 2.15. The van der Waals surface area contributed by atoms with Gasteiger partial charge in [-0.3, -0.25) is 4.98 Å². The Hall–Kier alpha value is -0.930. The molecule has 0 saturated heterocycles. The molecule has 0 aliphatic carbocycles. The van der Waals surface area contributed by atoms with Crippen LogP contribution in [0.2, 0.25) is 0 Å². The summed E-state index contributed by atoms with van der Waals surface area (Å²) in [5.74, 6) is 0.351. The average Bonchev–Trinajstić information content (AvgIpc) is 2.21. The first kappa shape index (κ1) is 10.2. The maximum absolute atomic E-state index is 6.04.